The maximum absolute atomic E-state index is 14.6. The topological polar surface area (TPSA) is 126 Å². The smallest absolute Gasteiger partial charge is 0.291 e. The Morgan fingerprint density at radius 3 is 2.44 bits per heavy atom. The molecule has 43 heavy (non-hydrogen) atoms. The fourth-order valence-corrected chi connectivity index (χ4v) is 5.94. The molecule has 10 nitrogen and oxygen atoms in total. The van der Waals surface area contributed by atoms with E-state index in [2.05, 4.69) is 15.6 Å². The molecule has 13 heteroatoms. The third-order valence-electron chi connectivity index (χ3n) is 8.10. The molecule has 5 rings (SSSR count). The van der Waals surface area contributed by atoms with Crippen LogP contribution in [0.25, 0.3) is 11.3 Å². The molecule has 0 radical (unpaired) electrons. The van der Waals surface area contributed by atoms with Gasteiger partial charge in [-0.3, -0.25) is 14.4 Å². The molecule has 1 saturated carbocycles. The number of piperidine rings is 1. The van der Waals surface area contributed by atoms with Crippen molar-refractivity contribution in [2.75, 3.05) is 25.5 Å². The second kappa shape index (κ2) is 12.7. The van der Waals surface area contributed by atoms with Crippen LogP contribution in [0.4, 0.5) is 14.5 Å². The van der Waals surface area contributed by atoms with Gasteiger partial charge in [0.2, 0.25) is 11.7 Å². The highest BCUT2D eigenvalue weighted by molar-refractivity contribution is 6.34. The Balaban J connectivity index is 1.18. The summed E-state index contributed by atoms with van der Waals surface area (Å²) < 4.78 is 35.0. The lowest BCUT2D eigenvalue weighted by Crippen LogP contribution is -2.48. The van der Waals surface area contributed by atoms with E-state index in [9.17, 15) is 28.3 Å². The summed E-state index contributed by atoms with van der Waals surface area (Å²) in [5.41, 5.74) is 0.634. The SMILES string of the molecule is COc1ccc(-c2cnc(C(=O)Nc3ccc(C(=O)NC4CCN(C(=O)[C@H]5CC[C@H](O)C5)CC4)c(Cl)c3)n2C)c(F)c1F. The van der Waals surface area contributed by atoms with E-state index in [4.69, 9.17) is 16.3 Å². The van der Waals surface area contributed by atoms with Crippen molar-refractivity contribution in [1.29, 1.82) is 0 Å². The molecule has 0 spiro atoms. The first kappa shape index (κ1) is 30.4. The van der Waals surface area contributed by atoms with E-state index >= 15 is 0 Å². The molecule has 3 amide bonds. The second-order valence-electron chi connectivity index (χ2n) is 10.9. The average molecular weight is 616 g/mol. The zero-order valence-corrected chi connectivity index (χ0v) is 24.5. The minimum atomic E-state index is -1.15. The highest BCUT2D eigenvalue weighted by Gasteiger charge is 2.33. The fraction of sp³-hybridized carbons (Fsp3) is 0.400. The van der Waals surface area contributed by atoms with Gasteiger partial charge < -0.3 is 29.9 Å². The van der Waals surface area contributed by atoms with Crippen molar-refractivity contribution in [2.45, 2.75) is 44.2 Å². The normalized spacial score (nSPS) is 18.9. The van der Waals surface area contributed by atoms with E-state index < -0.39 is 23.6 Å². The Kier molecular flexibility index (Phi) is 8.97. The zero-order chi connectivity index (χ0) is 30.8. The minimum Gasteiger partial charge on any atom is -0.494 e. The summed E-state index contributed by atoms with van der Waals surface area (Å²) in [6, 6.07) is 6.96. The van der Waals surface area contributed by atoms with Crippen LogP contribution in [0.5, 0.6) is 5.75 Å². The molecule has 228 valence electrons. The summed E-state index contributed by atoms with van der Waals surface area (Å²) >= 11 is 6.40. The van der Waals surface area contributed by atoms with Crippen LogP contribution < -0.4 is 15.4 Å². The number of methoxy groups -OCH3 is 1. The van der Waals surface area contributed by atoms with Crippen LogP contribution in [0, 0.1) is 17.6 Å². The van der Waals surface area contributed by atoms with Gasteiger partial charge in [0.05, 0.1) is 35.7 Å². The highest BCUT2D eigenvalue weighted by Crippen LogP contribution is 2.31. The zero-order valence-electron chi connectivity index (χ0n) is 23.7. The quantitative estimate of drug-likeness (QED) is 0.367. The largest absolute Gasteiger partial charge is 0.494 e. The number of hydrogen-bond donors (Lipinski definition) is 3. The van der Waals surface area contributed by atoms with Gasteiger partial charge in [-0.25, -0.2) is 9.37 Å². The highest BCUT2D eigenvalue weighted by atomic mass is 35.5. The van der Waals surface area contributed by atoms with Crippen LogP contribution in [0.15, 0.2) is 36.5 Å². The lowest BCUT2D eigenvalue weighted by Gasteiger charge is -2.34. The predicted molar refractivity (Wildman–Crippen MR) is 155 cm³/mol. The molecular weight excluding hydrogens is 584 g/mol. The number of carbonyl (C=O) groups excluding carboxylic acids is 3. The van der Waals surface area contributed by atoms with Gasteiger partial charge in [0.25, 0.3) is 11.8 Å². The number of nitrogens with one attached hydrogen (secondary N) is 2. The van der Waals surface area contributed by atoms with Gasteiger partial charge >= 0.3 is 0 Å². The monoisotopic (exact) mass is 615 g/mol. The number of likely N-dealkylation sites (tertiary alicyclic amines) is 1. The number of ether oxygens (including phenoxy) is 1. The Morgan fingerprint density at radius 2 is 1.79 bits per heavy atom. The van der Waals surface area contributed by atoms with Crippen LogP contribution in [-0.4, -0.2) is 69.6 Å². The van der Waals surface area contributed by atoms with Gasteiger partial charge in [0.15, 0.2) is 17.4 Å². The van der Waals surface area contributed by atoms with Crippen molar-refractivity contribution in [3.8, 4) is 17.0 Å². The van der Waals surface area contributed by atoms with Crippen LogP contribution in [0.2, 0.25) is 5.02 Å². The average Bonchev–Trinajstić information content (AvgIpc) is 3.60. The van der Waals surface area contributed by atoms with Crippen LogP contribution in [-0.2, 0) is 11.8 Å². The van der Waals surface area contributed by atoms with Gasteiger partial charge in [0, 0.05) is 43.3 Å². The number of aliphatic hydroxyl groups excluding tert-OH is 1. The van der Waals surface area contributed by atoms with E-state index in [1.54, 1.807) is 0 Å². The molecule has 0 bridgehead atoms. The van der Waals surface area contributed by atoms with Gasteiger partial charge in [-0.2, -0.15) is 4.39 Å². The first-order valence-corrected chi connectivity index (χ1v) is 14.4. The number of amides is 3. The van der Waals surface area contributed by atoms with E-state index in [1.807, 2.05) is 4.90 Å². The van der Waals surface area contributed by atoms with E-state index in [-0.39, 0.29) is 57.2 Å². The number of rotatable bonds is 7. The first-order valence-electron chi connectivity index (χ1n) is 14.0. The molecule has 1 aromatic heterocycles. The minimum absolute atomic E-state index is 0.0579. The molecular formula is C30H32ClF2N5O5. The molecule has 2 aromatic carbocycles. The van der Waals surface area contributed by atoms with Crippen molar-refractivity contribution in [3.05, 3.63) is 64.6 Å². The molecule has 2 heterocycles. The van der Waals surface area contributed by atoms with Crippen molar-refractivity contribution in [1.82, 2.24) is 19.8 Å². The van der Waals surface area contributed by atoms with E-state index in [1.165, 1.54) is 55.3 Å². The lowest BCUT2D eigenvalue weighted by atomic mass is 10.0. The summed E-state index contributed by atoms with van der Waals surface area (Å²) in [7, 11) is 2.73. The van der Waals surface area contributed by atoms with E-state index in [0.717, 1.165) is 0 Å². The Morgan fingerprint density at radius 1 is 1.05 bits per heavy atom. The number of aromatic nitrogens is 2. The third-order valence-corrected chi connectivity index (χ3v) is 8.41. The number of halogens is 3. The second-order valence-corrected chi connectivity index (χ2v) is 11.3. The van der Waals surface area contributed by atoms with Crippen LogP contribution in [0.3, 0.4) is 0 Å². The maximum Gasteiger partial charge on any atom is 0.291 e. The van der Waals surface area contributed by atoms with Gasteiger partial charge in [-0.15, -0.1) is 0 Å². The molecule has 2 fully saturated rings. The summed E-state index contributed by atoms with van der Waals surface area (Å²) in [5, 5.41) is 15.5. The molecule has 3 N–H and O–H groups in total. The number of carbonyl (C=O) groups is 3. The number of anilines is 1. The van der Waals surface area contributed by atoms with Crippen LogP contribution >= 0.6 is 11.6 Å². The van der Waals surface area contributed by atoms with Crippen molar-refractivity contribution >= 4 is 35.0 Å². The number of imidazole rings is 1. The van der Waals surface area contributed by atoms with Crippen LogP contribution in [0.1, 0.15) is 53.1 Å². The Hall–Kier alpha value is -4.03. The molecule has 2 aliphatic rings. The van der Waals surface area contributed by atoms with Gasteiger partial charge in [-0.1, -0.05) is 11.6 Å². The molecule has 0 unspecified atom stereocenters. The molecule has 1 aliphatic carbocycles. The number of hydrogen-bond acceptors (Lipinski definition) is 6. The van der Waals surface area contributed by atoms with Crippen molar-refractivity contribution in [3.63, 3.8) is 0 Å². The summed E-state index contributed by atoms with van der Waals surface area (Å²) in [5.74, 6) is -3.61. The number of nitrogens with zero attached hydrogens (tertiary/aromatic N) is 3. The standard InChI is InChI=1S/C30H32ClF2N5O5/c1-37-23(21-7-8-24(43-2)26(33)25(21)32)15-34-27(37)29(41)36-18-4-6-20(22(31)14-18)28(40)35-17-9-11-38(12-10-17)30(42)16-3-5-19(39)13-16/h4,6-8,14-17,19,39H,3,5,9-13H2,1-2H3,(H,35,40)(H,36,41)/t16-,19-/m0/s1. The third kappa shape index (κ3) is 6.35. The number of benzene rings is 2. The Labute approximate surface area is 252 Å². The summed E-state index contributed by atoms with van der Waals surface area (Å²) in [4.78, 5) is 44.5. The Bertz CT molecular complexity index is 1560. The van der Waals surface area contributed by atoms with Gasteiger partial charge in [0.1, 0.15) is 0 Å². The molecule has 1 aliphatic heterocycles. The first-order chi connectivity index (χ1) is 20.6. The number of aliphatic hydroxyl groups is 1. The molecule has 3 aromatic rings. The van der Waals surface area contributed by atoms with E-state index in [0.29, 0.717) is 50.9 Å². The lowest BCUT2D eigenvalue weighted by molar-refractivity contribution is -0.136. The summed E-state index contributed by atoms with van der Waals surface area (Å²) in [6.45, 7) is 1.06. The fourth-order valence-electron chi connectivity index (χ4n) is 5.67. The maximum atomic E-state index is 14.6. The van der Waals surface area contributed by atoms with Crippen molar-refractivity contribution in [2.24, 2.45) is 13.0 Å². The summed E-state index contributed by atoms with van der Waals surface area (Å²) in [6.07, 6.45) is 3.95. The van der Waals surface area contributed by atoms with Gasteiger partial charge in [-0.05, 0) is 62.4 Å². The predicted octanol–water partition coefficient (Wildman–Crippen LogP) is 4.16. The molecule has 2 atom stereocenters. The van der Waals surface area contributed by atoms with Crippen molar-refractivity contribution < 1.29 is 33.0 Å². The molecule has 1 saturated heterocycles.